The van der Waals surface area contributed by atoms with E-state index < -0.39 is 23.2 Å². The molecule has 1 aromatic rings. The third-order valence-electron chi connectivity index (χ3n) is 3.66. The second-order valence-corrected chi connectivity index (χ2v) is 5.77. The van der Waals surface area contributed by atoms with Crippen molar-refractivity contribution in [3.63, 3.8) is 0 Å². The van der Waals surface area contributed by atoms with Gasteiger partial charge in [-0.1, -0.05) is 0 Å². The number of hydrogen-bond acceptors (Lipinski definition) is 5. The highest BCUT2D eigenvalue weighted by atomic mass is 16.7. The molecular formula is C12H17BN2O4. The van der Waals surface area contributed by atoms with E-state index >= 15 is 0 Å². The van der Waals surface area contributed by atoms with Crippen LogP contribution >= 0.6 is 0 Å². The Morgan fingerprint density at radius 2 is 1.74 bits per heavy atom. The molecular weight excluding hydrogens is 247 g/mol. The van der Waals surface area contributed by atoms with Crippen molar-refractivity contribution < 1.29 is 14.2 Å². The van der Waals surface area contributed by atoms with Crippen LogP contribution in [0, 0.1) is 17.0 Å². The lowest BCUT2D eigenvalue weighted by Gasteiger charge is -2.32. The zero-order chi connectivity index (χ0) is 14.4. The molecule has 0 spiro atoms. The van der Waals surface area contributed by atoms with Gasteiger partial charge in [0, 0.05) is 6.07 Å². The number of rotatable bonds is 2. The van der Waals surface area contributed by atoms with Gasteiger partial charge in [0.05, 0.1) is 11.2 Å². The maximum Gasteiger partial charge on any atom is 0.542 e. The lowest BCUT2D eigenvalue weighted by Crippen LogP contribution is -2.41. The molecule has 7 heteroatoms. The molecule has 0 aliphatic carbocycles. The van der Waals surface area contributed by atoms with Crippen molar-refractivity contribution in [3.05, 3.63) is 27.8 Å². The average molecular weight is 264 g/mol. The minimum atomic E-state index is -0.677. The SMILES string of the molecule is Cc1cc(B2OC(C)(C)C(C)(C)O2)nc([N+](=O)[O-])c1. The van der Waals surface area contributed by atoms with Gasteiger partial charge < -0.3 is 19.4 Å². The number of nitrogens with zero attached hydrogens (tertiary/aromatic N) is 2. The van der Waals surface area contributed by atoms with E-state index in [1.165, 1.54) is 6.07 Å². The minimum Gasteiger partial charge on any atom is -0.397 e. The molecule has 1 aromatic heterocycles. The molecule has 0 bridgehead atoms. The molecule has 2 heterocycles. The summed E-state index contributed by atoms with van der Waals surface area (Å²) in [6, 6.07) is 3.17. The second kappa shape index (κ2) is 4.28. The molecule has 0 amide bonds. The summed E-state index contributed by atoms with van der Waals surface area (Å²) in [4.78, 5) is 14.3. The summed E-state index contributed by atoms with van der Waals surface area (Å²) < 4.78 is 11.7. The molecule has 1 aliphatic heterocycles. The Bertz CT molecular complexity index is 514. The Balaban J connectivity index is 2.37. The first-order valence-corrected chi connectivity index (χ1v) is 6.11. The number of nitro groups is 1. The van der Waals surface area contributed by atoms with E-state index in [9.17, 15) is 10.1 Å². The molecule has 2 rings (SSSR count). The lowest BCUT2D eigenvalue weighted by molar-refractivity contribution is -0.389. The van der Waals surface area contributed by atoms with Gasteiger partial charge in [-0.25, -0.2) is 0 Å². The van der Waals surface area contributed by atoms with Crippen LogP contribution in [0.25, 0.3) is 0 Å². The van der Waals surface area contributed by atoms with E-state index in [2.05, 4.69) is 4.98 Å². The monoisotopic (exact) mass is 264 g/mol. The van der Waals surface area contributed by atoms with Gasteiger partial charge in [-0.2, -0.15) is 0 Å². The Kier molecular flexibility index (Phi) is 3.14. The smallest absolute Gasteiger partial charge is 0.397 e. The topological polar surface area (TPSA) is 74.5 Å². The second-order valence-electron chi connectivity index (χ2n) is 5.77. The van der Waals surface area contributed by atoms with Crippen LogP contribution in [0.15, 0.2) is 12.1 Å². The van der Waals surface area contributed by atoms with Gasteiger partial charge >= 0.3 is 12.9 Å². The fourth-order valence-electron chi connectivity index (χ4n) is 1.85. The maximum atomic E-state index is 10.8. The lowest BCUT2D eigenvalue weighted by atomic mass is 9.83. The van der Waals surface area contributed by atoms with Crippen molar-refractivity contribution in [2.24, 2.45) is 0 Å². The molecule has 0 N–H and O–H groups in total. The molecule has 0 atom stereocenters. The third kappa shape index (κ3) is 2.48. The number of pyridine rings is 1. The van der Waals surface area contributed by atoms with Gasteiger partial charge in [0.2, 0.25) is 0 Å². The van der Waals surface area contributed by atoms with Crippen molar-refractivity contribution in [2.75, 3.05) is 0 Å². The fourth-order valence-corrected chi connectivity index (χ4v) is 1.85. The van der Waals surface area contributed by atoms with E-state index in [1.807, 2.05) is 27.7 Å². The molecule has 1 aliphatic rings. The molecule has 0 unspecified atom stereocenters. The normalized spacial score (nSPS) is 20.6. The zero-order valence-electron chi connectivity index (χ0n) is 11.8. The van der Waals surface area contributed by atoms with Crippen LogP contribution in [-0.2, 0) is 9.31 Å². The summed E-state index contributed by atoms with van der Waals surface area (Å²) in [6.45, 7) is 9.49. The first kappa shape index (κ1) is 14.0. The van der Waals surface area contributed by atoms with E-state index in [-0.39, 0.29) is 5.82 Å². The van der Waals surface area contributed by atoms with E-state index in [1.54, 1.807) is 13.0 Å². The highest BCUT2D eigenvalue weighted by Crippen LogP contribution is 2.36. The van der Waals surface area contributed by atoms with Gasteiger partial charge in [-0.05, 0) is 56.2 Å². The molecule has 1 saturated heterocycles. The zero-order valence-corrected chi connectivity index (χ0v) is 11.8. The van der Waals surface area contributed by atoms with E-state index in [4.69, 9.17) is 9.31 Å². The van der Waals surface area contributed by atoms with Gasteiger partial charge in [0.15, 0.2) is 5.59 Å². The van der Waals surface area contributed by atoms with Crippen LogP contribution in [0.4, 0.5) is 5.82 Å². The van der Waals surface area contributed by atoms with Crippen molar-refractivity contribution >= 4 is 18.5 Å². The molecule has 0 aromatic carbocycles. The van der Waals surface area contributed by atoms with Crippen LogP contribution < -0.4 is 5.59 Å². The molecule has 0 radical (unpaired) electrons. The number of aryl methyl sites for hydroxylation is 1. The van der Waals surface area contributed by atoms with Gasteiger partial charge in [0.1, 0.15) is 0 Å². The average Bonchev–Trinajstić information content (AvgIpc) is 2.47. The van der Waals surface area contributed by atoms with Crippen LogP contribution in [0.1, 0.15) is 33.3 Å². The van der Waals surface area contributed by atoms with Gasteiger partial charge in [0.25, 0.3) is 0 Å². The van der Waals surface area contributed by atoms with Crippen molar-refractivity contribution in [2.45, 2.75) is 45.8 Å². The van der Waals surface area contributed by atoms with Crippen LogP contribution in [0.2, 0.25) is 0 Å². The minimum absolute atomic E-state index is 0.190. The maximum absolute atomic E-state index is 10.8. The van der Waals surface area contributed by atoms with E-state index in [0.29, 0.717) is 5.59 Å². The Morgan fingerprint density at radius 3 is 2.21 bits per heavy atom. The largest absolute Gasteiger partial charge is 0.542 e. The van der Waals surface area contributed by atoms with Crippen LogP contribution in [0.5, 0.6) is 0 Å². The summed E-state index contributed by atoms with van der Waals surface area (Å²) >= 11 is 0. The molecule has 1 fully saturated rings. The van der Waals surface area contributed by atoms with Crippen molar-refractivity contribution in [1.82, 2.24) is 4.98 Å². The summed E-state index contributed by atoms with van der Waals surface area (Å²) in [6.07, 6.45) is 0. The van der Waals surface area contributed by atoms with Crippen LogP contribution in [-0.4, -0.2) is 28.2 Å². The third-order valence-corrected chi connectivity index (χ3v) is 3.66. The van der Waals surface area contributed by atoms with Gasteiger partial charge in [-0.3, -0.25) is 0 Å². The number of aromatic nitrogens is 1. The standard InChI is InChI=1S/C12H17BN2O4/c1-8-6-9(14-10(7-8)15(16)17)13-18-11(2,3)12(4,5)19-13/h6-7H,1-5H3. The molecule has 102 valence electrons. The quantitative estimate of drug-likeness (QED) is 0.460. The summed E-state index contributed by atoms with van der Waals surface area (Å²) in [5.41, 5.74) is 0.215. The summed E-state index contributed by atoms with van der Waals surface area (Å²) in [7, 11) is -0.677. The highest BCUT2D eigenvalue weighted by Gasteiger charge is 2.53. The fraction of sp³-hybridized carbons (Fsp3) is 0.583. The predicted molar refractivity (Wildman–Crippen MR) is 71.3 cm³/mol. The van der Waals surface area contributed by atoms with Gasteiger partial charge in [-0.15, -0.1) is 0 Å². The molecule has 19 heavy (non-hydrogen) atoms. The molecule has 0 saturated carbocycles. The first-order valence-electron chi connectivity index (χ1n) is 6.11. The summed E-state index contributed by atoms with van der Waals surface area (Å²) in [5.74, 6) is -0.190. The van der Waals surface area contributed by atoms with Crippen molar-refractivity contribution in [3.8, 4) is 0 Å². The first-order chi connectivity index (χ1) is 8.62. The van der Waals surface area contributed by atoms with Crippen LogP contribution in [0.3, 0.4) is 0 Å². The Morgan fingerprint density at radius 1 is 1.21 bits per heavy atom. The van der Waals surface area contributed by atoms with E-state index in [0.717, 1.165) is 5.56 Å². The Labute approximate surface area is 112 Å². The summed E-state index contributed by atoms with van der Waals surface area (Å²) in [5, 5.41) is 10.8. The van der Waals surface area contributed by atoms with Crippen molar-refractivity contribution in [1.29, 1.82) is 0 Å². The molecule has 6 nitrogen and oxygen atoms in total. The highest BCUT2D eigenvalue weighted by molar-refractivity contribution is 6.61. The Hall–Kier alpha value is -1.47. The predicted octanol–water partition coefficient (Wildman–Crippen LogP) is 1.60. The number of hydrogen-bond donors (Lipinski definition) is 0.